The number of carbonyl (C=O) groups is 2. The van der Waals surface area contributed by atoms with E-state index in [2.05, 4.69) is 10.3 Å². The molecular weight excluding hydrogens is 376 g/mol. The smallest absolute Gasteiger partial charge is 0.318 e. The molecule has 0 bridgehead atoms. The number of fused-ring (bicyclic) bond motifs is 3. The quantitative estimate of drug-likeness (QED) is 0.561. The van der Waals surface area contributed by atoms with Gasteiger partial charge in [0.2, 0.25) is 5.91 Å². The molecule has 0 fully saturated rings. The van der Waals surface area contributed by atoms with E-state index in [0.29, 0.717) is 28.5 Å². The largest absolute Gasteiger partial charge is 0.383 e. The van der Waals surface area contributed by atoms with Crippen molar-refractivity contribution in [2.75, 3.05) is 13.7 Å². The van der Waals surface area contributed by atoms with E-state index in [1.807, 2.05) is 0 Å². The number of hydrogen-bond donors (Lipinski definition) is 2. The summed E-state index contributed by atoms with van der Waals surface area (Å²) >= 11 is 2.67. The van der Waals surface area contributed by atoms with Gasteiger partial charge in [0, 0.05) is 12.0 Å². The SMILES string of the molecule is COCCn1c(S[C@H](C)C(=O)NC(N)=O)nc2sc3c(c2c1=O)CCC3. The normalized spacial score (nSPS) is 14.4. The third-order valence-electron chi connectivity index (χ3n) is 4.21. The summed E-state index contributed by atoms with van der Waals surface area (Å²) < 4.78 is 6.66. The van der Waals surface area contributed by atoms with Crippen LogP contribution in [0.2, 0.25) is 0 Å². The number of rotatable bonds is 6. The summed E-state index contributed by atoms with van der Waals surface area (Å²) in [4.78, 5) is 42.5. The zero-order chi connectivity index (χ0) is 18.8. The second-order valence-electron chi connectivity index (χ2n) is 6.00. The fourth-order valence-corrected chi connectivity index (χ4v) is 5.20. The number of nitrogens with two attached hydrogens (primary N) is 1. The molecule has 0 saturated carbocycles. The van der Waals surface area contributed by atoms with E-state index >= 15 is 0 Å². The van der Waals surface area contributed by atoms with Crippen LogP contribution >= 0.6 is 23.1 Å². The number of nitrogens with zero attached hydrogens (tertiary/aromatic N) is 2. The zero-order valence-corrected chi connectivity index (χ0v) is 16.2. The molecule has 0 unspecified atom stereocenters. The number of methoxy groups -OCH3 is 1. The number of thioether (sulfide) groups is 1. The monoisotopic (exact) mass is 396 g/mol. The van der Waals surface area contributed by atoms with Crippen molar-refractivity contribution in [1.82, 2.24) is 14.9 Å². The van der Waals surface area contributed by atoms with Gasteiger partial charge < -0.3 is 10.5 Å². The molecule has 10 heteroatoms. The number of thiophene rings is 1. The summed E-state index contributed by atoms with van der Waals surface area (Å²) in [6.45, 7) is 2.33. The Balaban J connectivity index is 2.01. The van der Waals surface area contributed by atoms with Crippen LogP contribution in [0.15, 0.2) is 9.95 Å². The number of amides is 3. The van der Waals surface area contributed by atoms with Gasteiger partial charge in [0.1, 0.15) is 4.83 Å². The molecule has 2 aromatic rings. The van der Waals surface area contributed by atoms with E-state index in [1.165, 1.54) is 4.88 Å². The lowest BCUT2D eigenvalue weighted by atomic mass is 10.2. The topological polar surface area (TPSA) is 116 Å². The fraction of sp³-hybridized carbons (Fsp3) is 0.500. The fourth-order valence-electron chi connectivity index (χ4n) is 2.96. The van der Waals surface area contributed by atoms with Gasteiger partial charge in [0.05, 0.1) is 23.8 Å². The molecule has 0 radical (unpaired) electrons. The van der Waals surface area contributed by atoms with Crippen LogP contribution in [0.1, 0.15) is 23.8 Å². The number of imide groups is 1. The van der Waals surface area contributed by atoms with E-state index in [9.17, 15) is 14.4 Å². The number of aromatic nitrogens is 2. The summed E-state index contributed by atoms with van der Waals surface area (Å²) in [6.07, 6.45) is 2.95. The molecular formula is C16H20N4O4S2. The molecule has 0 aliphatic heterocycles. The Labute approximate surface area is 158 Å². The van der Waals surface area contributed by atoms with Crippen molar-refractivity contribution in [3.05, 3.63) is 20.8 Å². The van der Waals surface area contributed by atoms with Gasteiger partial charge in [-0.05, 0) is 31.7 Å². The molecule has 0 spiro atoms. The number of carbonyl (C=O) groups excluding carboxylic acids is 2. The first-order valence-corrected chi connectivity index (χ1v) is 9.93. The van der Waals surface area contributed by atoms with Gasteiger partial charge in [0.15, 0.2) is 5.16 Å². The van der Waals surface area contributed by atoms with Crippen molar-refractivity contribution in [2.24, 2.45) is 5.73 Å². The Morgan fingerprint density at radius 3 is 2.92 bits per heavy atom. The molecule has 2 aromatic heterocycles. The van der Waals surface area contributed by atoms with Crippen molar-refractivity contribution in [3.63, 3.8) is 0 Å². The highest BCUT2D eigenvalue weighted by atomic mass is 32.2. The molecule has 3 amide bonds. The minimum absolute atomic E-state index is 0.101. The lowest BCUT2D eigenvalue weighted by Gasteiger charge is -2.15. The van der Waals surface area contributed by atoms with Gasteiger partial charge in [-0.1, -0.05) is 11.8 Å². The first-order chi connectivity index (χ1) is 12.4. The lowest BCUT2D eigenvalue weighted by molar-refractivity contribution is -0.119. The standard InChI is InChI=1S/C16H20N4O4S2/c1-8(12(21)18-15(17)23)25-16-19-13-11(9-4-3-5-10(9)26-13)14(22)20(16)6-7-24-2/h8H,3-7H2,1-2H3,(H3,17,18,21,23)/t8-/m1/s1. The molecule has 0 aromatic carbocycles. The molecule has 140 valence electrons. The highest BCUT2D eigenvalue weighted by Crippen LogP contribution is 2.36. The van der Waals surface area contributed by atoms with E-state index in [1.54, 1.807) is 29.9 Å². The number of primary amides is 1. The maximum Gasteiger partial charge on any atom is 0.318 e. The highest BCUT2D eigenvalue weighted by Gasteiger charge is 2.25. The van der Waals surface area contributed by atoms with Gasteiger partial charge in [-0.2, -0.15) is 0 Å². The Kier molecular flexibility index (Phi) is 5.64. The van der Waals surface area contributed by atoms with Gasteiger partial charge in [-0.3, -0.25) is 19.5 Å². The zero-order valence-electron chi connectivity index (χ0n) is 14.5. The average Bonchev–Trinajstić information content (AvgIpc) is 3.14. The third-order valence-corrected chi connectivity index (χ3v) is 6.48. The first kappa shape index (κ1) is 18.9. The number of nitrogens with one attached hydrogen (secondary N) is 1. The Morgan fingerprint density at radius 1 is 1.46 bits per heavy atom. The Morgan fingerprint density at radius 2 is 2.23 bits per heavy atom. The second-order valence-corrected chi connectivity index (χ2v) is 8.39. The summed E-state index contributed by atoms with van der Waals surface area (Å²) in [5.74, 6) is -0.524. The van der Waals surface area contributed by atoms with Crippen molar-refractivity contribution in [2.45, 2.75) is 43.1 Å². The first-order valence-electron chi connectivity index (χ1n) is 8.23. The third kappa shape index (κ3) is 3.62. The number of aryl methyl sites for hydroxylation is 2. The Hall–Kier alpha value is -1.91. The molecule has 8 nitrogen and oxygen atoms in total. The van der Waals surface area contributed by atoms with Crippen LogP contribution in [0.4, 0.5) is 4.79 Å². The predicted molar refractivity (Wildman–Crippen MR) is 101 cm³/mol. The van der Waals surface area contributed by atoms with E-state index < -0.39 is 17.2 Å². The molecule has 0 saturated heterocycles. The molecule has 2 heterocycles. The van der Waals surface area contributed by atoms with Gasteiger partial charge >= 0.3 is 6.03 Å². The minimum Gasteiger partial charge on any atom is -0.383 e. The number of hydrogen-bond acceptors (Lipinski definition) is 7. The summed E-state index contributed by atoms with van der Waals surface area (Å²) in [5.41, 5.74) is 6.01. The molecule has 1 aliphatic rings. The second kappa shape index (κ2) is 7.77. The molecule has 1 atom stereocenters. The van der Waals surface area contributed by atoms with Crippen LogP contribution in [0.25, 0.3) is 10.2 Å². The molecule has 26 heavy (non-hydrogen) atoms. The average molecular weight is 396 g/mol. The van der Waals surface area contributed by atoms with Crippen LogP contribution < -0.4 is 16.6 Å². The van der Waals surface area contributed by atoms with E-state index in [4.69, 9.17) is 10.5 Å². The van der Waals surface area contributed by atoms with Crippen LogP contribution in [0.5, 0.6) is 0 Å². The van der Waals surface area contributed by atoms with Crippen LogP contribution in [-0.4, -0.2) is 40.5 Å². The van der Waals surface area contributed by atoms with Crippen LogP contribution in [0.3, 0.4) is 0 Å². The maximum atomic E-state index is 13.1. The summed E-state index contributed by atoms with van der Waals surface area (Å²) in [5, 5.41) is 2.55. The molecule has 3 rings (SSSR count). The van der Waals surface area contributed by atoms with E-state index in [0.717, 1.165) is 36.6 Å². The van der Waals surface area contributed by atoms with Crippen molar-refractivity contribution >= 4 is 45.3 Å². The molecule has 3 N–H and O–H groups in total. The lowest BCUT2D eigenvalue weighted by Crippen LogP contribution is -2.39. The predicted octanol–water partition coefficient (Wildman–Crippen LogP) is 1.27. The summed E-state index contributed by atoms with van der Waals surface area (Å²) in [7, 11) is 1.56. The van der Waals surface area contributed by atoms with Crippen molar-refractivity contribution < 1.29 is 14.3 Å². The van der Waals surface area contributed by atoms with Gasteiger partial charge in [-0.25, -0.2) is 9.78 Å². The minimum atomic E-state index is -0.905. The van der Waals surface area contributed by atoms with Crippen LogP contribution in [-0.2, 0) is 28.9 Å². The number of urea groups is 1. The summed E-state index contributed by atoms with van der Waals surface area (Å²) in [6, 6.07) is -0.905. The van der Waals surface area contributed by atoms with Crippen LogP contribution in [0, 0.1) is 0 Å². The maximum absolute atomic E-state index is 13.1. The van der Waals surface area contributed by atoms with Crippen molar-refractivity contribution in [3.8, 4) is 0 Å². The van der Waals surface area contributed by atoms with E-state index in [-0.39, 0.29) is 5.56 Å². The number of ether oxygens (including phenoxy) is 1. The highest BCUT2D eigenvalue weighted by molar-refractivity contribution is 8.00. The Bertz CT molecular complexity index is 921. The van der Waals surface area contributed by atoms with Gasteiger partial charge in [-0.15, -0.1) is 11.3 Å². The van der Waals surface area contributed by atoms with Crippen molar-refractivity contribution in [1.29, 1.82) is 0 Å². The van der Waals surface area contributed by atoms with Gasteiger partial charge in [0.25, 0.3) is 5.56 Å². The molecule has 1 aliphatic carbocycles.